The van der Waals surface area contributed by atoms with E-state index >= 15 is 0 Å². The van der Waals surface area contributed by atoms with Crippen LogP contribution in [0.3, 0.4) is 0 Å². The first-order valence-corrected chi connectivity index (χ1v) is 9.48. The maximum Gasteiger partial charge on any atom is 0.320 e. The molecule has 1 aliphatic heterocycles. The number of ether oxygens (including phenoxy) is 2. The van der Waals surface area contributed by atoms with Crippen molar-refractivity contribution in [2.24, 2.45) is 0 Å². The van der Waals surface area contributed by atoms with Crippen molar-refractivity contribution in [1.29, 1.82) is 0 Å². The highest BCUT2D eigenvalue weighted by atomic mass is 32.2. The summed E-state index contributed by atoms with van der Waals surface area (Å²) < 4.78 is 10.4. The van der Waals surface area contributed by atoms with Crippen LogP contribution in [0.25, 0.3) is 11.1 Å². The molecule has 6 heteroatoms. The SMILES string of the molecule is COC(=O)[C@@H]1CN(C(=O)COc2ccc(-c3ccccc3)cc2)CCS1. The summed E-state index contributed by atoms with van der Waals surface area (Å²) in [6, 6.07) is 17.7. The van der Waals surface area contributed by atoms with Crippen LogP contribution in [0, 0.1) is 0 Å². The van der Waals surface area contributed by atoms with Crippen LogP contribution in [0.2, 0.25) is 0 Å². The summed E-state index contributed by atoms with van der Waals surface area (Å²) in [6.07, 6.45) is 0. The molecule has 0 unspecified atom stereocenters. The minimum atomic E-state index is -0.317. The zero-order valence-electron chi connectivity index (χ0n) is 14.6. The van der Waals surface area contributed by atoms with Crippen molar-refractivity contribution in [3.8, 4) is 16.9 Å². The number of hydrogen-bond acceptors (Lipinski definition) is 5. The summed E-state index contributed by atoms with van der Waals surface area (Å²) in [5, 5.41) is -0.317. The molecule has 0 aromatic heterocycles. The molecule has 2 aromatic carbocycles. The van der Waals surface area contributed by atoms with Crippen LogP contribution in [-0.2, 0) is 14.3 Å². The number of hydrogen-bond donors (Lipinski definition) is 0. The van der Waals surface area contributed by atoms with Gasteiger partial charge in [-0.1, -0.05) is 42.5 Å². The summed E-state index contributed by atoms with van der Waals surface area (Å²) in [5.41, 5.74) is 2.23. The van der Waals surface area contributed by atoms with Gasteiger partial charge in [0.05, 0.1) is 7.11 Å². The number of benzene rings is 2. The van der Waals surface area contributed by atoms with Crippen LogP contribution in [0.5, 0.6) is 5.75 Å². The number of esters is 1. The van der Waals surface area contributed by atoms with E-state index in [1.807, 2.05) is 54.6 Å². The molecule has 1 amide bonds. The Morgan fingerprint density at radius 1 is 1.08 bits per heavy atom. The van der Waals surface area contributed by atoms with Crippen molar-refractivity contribution in [3.05, 3.63) is 54.6 Å². The predicted molar refractivity (Wildman–Crippen MR) is 102 cm³/mol. The van der Waals surface area contributed by atoms with E-state index in [0.717, 1.165) is 16.9 Å². The lowest BCUT2D eigenvalue weighted by atomic mass is 10.1. The fourth-order valence-corrected chi connectivity index (χ4v) is 3.89. The lowest BCUT2D eigenvalue weighted by molar-refractivity contribution is -0.141. The number of nitrogens with zero attached hydrogens (tertiary/aromatic N) is 1. The van der Waals surface area contributed by atoms with Gasteiger partial charge in [0.2, 0.25) is 0 Å². The van der Waals surface area contributed by atoms with E-state index in [1.54, 1.807) is 4.90 Å². The number of methoxy groups -OCH3 is 1. The van der Waals surface area contributed by atoms with Gasteiger partial charge in [0.1, 0.15) is 11.0 Å². The van der Waals surface area contributed by atoms with E-state index in [1.165, 1.54) is 18.9 Å². The number of carbonyl (C=O) groups excluding carboxylic acids is 2. The van der Waals surface area contributed by atoms with Gasteiger partial charge in [0, 0.05) is 18.8 Å². The third-order valence-corrected chi connectivity index (χ3v) is 5.37. The molecule has 0 aliphatic carbocycles. The van der Waals surface area contributed by atoms with Crippen molar-refractivity contribution >= 4 is 23.6 Å². The van der Waals surface area contributed by atoms with E-state index < -0.39 is 0 Å². The van der Waals surface area contributed by atoms with Gasteiger partial charge in [-0.15, -0.1) is 11.8 Å². The van der Waals surface area contributed by atoms with Crippen LogP contribution in [0.1, 0.15) is 0 Å². The lowest BCUT2D eigenvalue weighted by Crippen LogP contribution is -2.46. The molecule has 1 heterocycles. The van der Waals surface area contributed by atoms with Crippen molar-refractivity contribution in [3.63, 3.8) is 0 Å². The quantitative estimate of drug-likeness (QED) is 0.757. The molecule has 1 atom stereocenters. The Bertz CT molecular complexity index is 748. The summed E-state index contributed by atoms with van der Waals surface area (Å²) >= 11 is 1.52. The molecule has 1 saturated heterocycles. The van der Waals surface area contributed by atoms with Crippen LogP contribution in [0.4, 0.5) is 0 Å². The number of thioether (sulfide) groups is 1. The molecule has 0 N–H and O–H groups in total. The topological polar surface area (TPSA) is 55.8 Å². The van der Waals surface area contributed by atoms with Gasteiger partial charge in [-0.2, -0.15) is 0 Å². The van der Waals surface area contributed by atoms with E-state index in [9.17, 15) is 9.59 Å². The first kappa shape index (κ1) is 18.3. The molecule has 3 rings (SSSR count). The third-order valence-electron chi connectivity index (χ3n) is 4.21. The van der Waals surface area contributed by atoms with Crippen LogP contribution in [-0.4, -0.2) is 54.6 Å². The Kier molecular flexibility index (Phi) is 6.17. The summed E-state index contributed by atoms with van der Waals surface area (Å²) in [4.78, 5) is 25.7. The second-order valence-corrected chi connectivity index (χ2v) is 7.21. The Morgan fingerprint density at radius 3 is 2.46 bits per heavy atom. The van der Waals surface area contributed by atoms with Crippen molar-refractivity contribution < 1.29 is 19.1 Å². The Labute approximate surface area is 157 Å². The number of carbonyl (C=O) groups is 2. The van der Waals surface area contributed by atoms with Crippen LogP contribution < -0.4 is 4.74 Å². The zero-order chi connectivity index (χ0) is 18.4. The first-order valence-electron chi connectivity index (χ1n) is 8.43. The molecule has 0 spiro atoms. The fourth-order valence-electron chi connectivity index (χ4n) is 2.76. The minimum Gasteiger partial charge on any atom is -0.484 e. The highest BCUT2D eigenvalue weighted by Gasteiger charge is 2.29. The molecule has 2 aromatic rings. The lowest BCUT2D eigenvalue weighted by Gasteiger charge is -2.30. The maximum atomic E-state index is 12.4. The molecule has 0 radical (unpaired) electrons. The molecule has 0 bridgehead atoms. The van der Waals surface area contributed by atoms with Crippen LogP contribution in [0.15, 0.2) is 54.6 Å². The predicted octanol–water partition coefficient (Wildman–Crippen LogP) is 2.85. The van der Waals surface area contributed by atoms with Crippen molar-refractivity contribution in [2.75, 3.05) is 32.6 Å². The second-order valence-electron chi connectivity index (χ2n) is 5.90. The van der Waals surface area contributed by atoms with Crippen molar-refractivity contribution in [1.82, 2.24) is 4.90 Å². The molecule has 5 nitrogen and oxygen atoms in total. The fraction of sp³-hybridized carbons (Fsp3) is 0.300. The molecule has 0 saturated carbocycles. The largest absolute Gasteiger partial charge is 0.484 e. The molecular weight excluding hydrogens is 350 g/mol. The Balaban J connectivity index is 1.53. The zero-order valence-corrected chi connectivity index (χ0v) is 15.4. The summed E-state index contributed by atoms with van der Waals surface area (Å²) in [7, 11) is 1.37. The first-order chi connectivity index (χ1) is 12.7. The highest BCUT2D eigenvalue weighted by molar-refractivity contribution is 8.00. The van der Waals surface area contributed by atoms with E-state index in [-0.39, 0.29) is 23.7 Å². The summed E-state index contributed by atoms with van der Waals surface area (Å²) in [6.45, 7) is 0.947. The average Bonchev–Trinajstić information content (AvgIpc) is 2.72. The van der Waals surface area contributed by atoms with Gasteiger partial charge in [0.15, 0.2) is 6.61 Å². The van der Waals surface area contributed by atoms with Crippen molar-refractivity contribution in [2.45, 2.75) is 5.25 Å². The van der Waals surface area contributed by atoms with Gasteiger partial charge in [-0.05, 0) is 23.3 Å². The van der Waals surface area contributed by atoms with E-state index in [0.29, 0.717) is 18.8 Å². The smallest absolute Gasteiger partial charge is 0.320 e. The molecule has 1 fully saturated rings. The van der Waals surface area contributed by atoms with E-state index in [4.69, 9.17) is 9.47 Å². The van der Waals surface area contributed by atoms with Gasteiger partial charge < -0.3 is 14.4 Å². The molecular formula is C20H21NO4S. The normalized spacial score (nSPS) is 16.8. The Morgan fingerprint density at radius 2 is 1.77 bits per heavy atom. The second kappa shape index (κ2) is 8.76. The third kappa shape index (κ3) is 4.58. The van der Waals surface area contributed by atoms with E-state index in [2.05, 4.69) is 0 Å². The number of rotatable bonds is 5. The van der Waals surface area contributed by atoms with Crippen LogP contribution >= 0.6 is 11.8 Å². The molecule has 136 valence electrons. The summed E-state index contributed by atoms with van der Waals surface area (Å²) in [5.74, 6) is 0.960. The standard InChI is InChI=1S/C20H21NO4S/c1-24-20(23)18-13-21(11-12-26-18)19(22)14-25-17-9-7-16(8-10-17)15-5-3-2-4-6-15/h2-10,18H,11-14H2,1H3/t18-/m0/s1. The highest BCUT2D eigenvalue weighted by Crippen LogP contribution is 2.23. The Hall–Kier alpha value is -2.47. The number of amides is 1. The maximum absolute atomic E-state index is 12.4. The molecule has 1 aliphatic rings. The minimum absolute atomic E-state index is 0.0384. The van der Waals surface area contributed by atoms with Gasteiger partial charge >= 0.3 is 5.97 Å². The van der Waals surface area contributed by atoms with Gasteiger partial charge in [-0.3, -0.25) is 9.59 Å². The molecule has 26 heavy (non-hydrogen) atoms. The average molecular weight is 371 g/mol. The van der Waals surface area contributed by atoms with Gasteiger partial charge in [-0.25, -0.2) is 0 Å². The van der Waals surface area contributed by atoms with Gasteiger partial charge in [0.25, 0.3) is 5.91 Å². The monoisotopic (exact) mass is 371 g/mol.